The fourth-order valence-electron chi connectivity index (χ4n) is 8.25. The summed E-state index contributed by atoms with van der Waals surface area (Å²) in [6.45, 7) is 14.8. The molecule has 0 unspecified atom stereocenters. The summed E-state index contributed by atoms with van der Waals surface area (Å²) in [7, 11) is 0. The lowest BCUT2D eigenvalue weighted by Crippen LogP contribution is -2.71. The molecule has 4 aromatic carbocycles. The smallest absolute Gasteiger partial charge is 0.243 e. The highest BCUT2D eigenvalue weighted by Crippen LogP contribution is 2.47. The molecule has 3 aliphatic rings. The number of para-hydroxylation sites is 2. The third-order valence-electron chi connectivity index (χ3n) is 10.0. The molecule has 0 bridgehead atoms. The van der Waals surface area contributed by atoms with E-state index in [2.05, 4.69) is 119 Å². The highest BCUT2D eigenvalue weighted by Gasteiger charge is 2.54. The van der Waals surface area contributed by atoms with Crippen LogP contribution in [0, 0.1) is 0 Å². The van der Waals surface area contributed by atoms with Crippen LogP contribution in [0.3, 0.4) is 0 Å². The van der Waals surface area contributed by atoms with Gasteiger partial charge in [-0.25, -0.2) is 4.98 Å². The predicted molar refractivity (Wildman–Crippen MR) is 155 cm³/mol. The molecular weight excluding hydrogens is 447 g/mol. The van der Waals surface area contributed by atoms with E-state index >= 15 is 0 Å². The Morgan fingerprint density at radius 3 is 1.73 bits per heavy atom. The van der Waals surface area contributed by atoms with Crippen LogP contribution in [-0.2, 0) is 16.2 Å². The van der Waals surface area contributed by atoms with Crippen LogP contribution < -0.4 is 16.4 Å². The molecule has 0 N–H and O–H groups in total. The van der Waals surface area contributed by atoms with Gasteiger partial charge in [-0.1, -0.05) is 113 Å². The van der Waals surface area contributed by atoms with Crippen LogP contribution in [0.25, 0.3) is 16.7 Å². The maximum Gasteiger partial charge on any atom is 0.243 e. The van der Waals surface area contributed by atoms with Gasteiger partial charge in [-0.2, -0.15) is 0 Å². The van der Waals surface area contributed by atoms with E-state index in [0.29, 0.717) is 0 Å². The van der Waals surface area contributed by atoms with Crippen molar-refractivity contribution in [3.8, 4) is 5.69 Å². The van der Waals surface area contributed by atoms with Crippen molar-refractivity contribution in [2.75, 3.05) is 0 Å². The Kier molecular flexibility index (Phi) is 3.75. The van der Waals surface area contributed by atoms with E-state index in [1.165, 1.54) is 44.5 Å². The molecular formula is C34H31BN2. The van der Waals surface area contributed by atoms with Crippen LogP contribution in [0.4, 0.5) is 0 Å². The minimum Gasteiger partial charge on any atom is -0.299 e. The fraction of sp³-hybridized carbons (Fsp3) is 0.265. The third-order valence-corrected chi connectivity index (χ3v) is 10.0. The lowest BCUT2D eigenvalue weighted by Gasteiger charge is -2.52. The van der Waals surface area contributed by atoms with E-state index in [9.17, 15) is 0 Å². The molecule has 8 rings (SSSR count). The standard InChI is InChI=1S/C34H31BN2/c1-32(2)20-11-9-12-21-29(20)35-30-22(32)13-10-14-23(30)34(5,6)28-27(18-17-24(31(28)35)33(21,3)4)37-19-36-25-15-7-8-16-26(25)37/h7-19H,1-6H3. The van der Waals surface area contributed by atoms with Gasteiger partial charge in [0, 0.05) is 16.2 Å². The monoisotopic (exact) mass is 478 g/mol. The molecule has 0 atom stereocenters. The largest absolute Gasteiger partial charge is 0.299 e. The van der Waals surface area contributed by atoms with Gasteiger partial charge in [-0.3, -0.25) is 4.57 Å². The maximum absolute atomic E-state index is 4.78. The molecule has 0 fully saturated rings. The summed E-state index contributed by atoms with van der Waals surface area (Å²) in [5, 5.41) is 0. The van der Waals surface area contributed by atoms with E-state index < -0.39 is 0 Å². The number of nitrogens with zero attached hydrogens (tertiary/aromatic N) is 2. The van der Waals surface area contributed by atoms with Crippen LogP contribution in [0.5, 0.6) is 0 Å². The highest BCUT2D eigenvalue weighted by atomic mass is 15.1. The van der Waals surface area contributed by atoms with Crippen molar-refractivity contribution >= 4 is 34.1 Å². The SMILES string of the molecule is CC1(C)c2cccc3c2B2c4c1cccc4C(C)(C)c1c(-n4cnc5ccccc54)ccc(c12)C3(C)C. The second-order valence-corrected chi connectivity index (χ2v) is 12.9. The average Bonchev–Trinajstić information content (AvgIpc) is 3.31. The second kappa shape index (κ2) is 6.45. The van der Waals surface area contributed by atoms with E-state index in [1.54, 1.807) is 10.9 Å². The molecule has 0 saturated carbocycles. The minimum atomic E-state index is -0.149. The summed E-state index contributed by atoms with van der Waals surface area (Å²) in [5.41, 5.74) is 16.7. The number of benzene rings is 4. The van der Waals surface area contributed by atoms with E-state index in [4.69, 9.17) is 4.98 Å². The summed E-state index contributed by atoms with van der Waals surface area (Å²) >= 11 is 0. The lowest BCUT2D eigenvalue weighted by molar-refractivity contribution is 0.597. The van der Waals surface area contributed by atoms with E-state index in [0.717, 1.165) is 11.0 Å². The first-order valence-electron chi connectivity index (χ1n) is 13.5. The average molecular weight is 478 g/mol. The van der Waals surface area contributed by atoms with Crippen molar-refractivity contribution in [3.63, 3.8) is 0 Å². The molecule has 0 radical (unpaired) electrons. The Morgan fingerprint density at radius 1 is 0.568 bits per heavy atom. The van der Waals surface area contributed by atoms with Crippen molar-refractivity contribution in [3.05, 3.63) is 113 Å². The molecule has 180 valence electrons. The number of aromatic nitrogens is 2. The zero-order valence-corrected chi connectivity index (χ0v) is 22.5. The van der Waals surface area contributed by atoms with Gasteiger partial charge in [-0.15, -0.1) is 0 Å². The number of imidazole rings is 1. The first-order chi connectivity index (χ1) is 17.6. The number of hydrogen-bond donors (Lipinski definition) is 0. The minimum absolute atomic E-state index is 0.0352. The zero-order chi connectivity index (χ0) is 25.5. The zero-order valence-electron chi connectivity index (χ0n) is 22.5. The molecule has 0 aliphatic carbocycles. The molecule has 3 aliphatic heterocycles. The third kappa shape index (κ3) is 2.33. The lowest BCUT2D eigenvalue weighted by atomic mass is 9.23. The van der Waals surface area contributed by atoms with E-state index in [-0.39, 0.29) is 23.0 Å². The fourth-order valence-corrected chi connectivity index (χ4v) is 8.25. The topological polar surface area (TPSA) is 17.8 Å². The summed E-state index contributed by atoms with van der Waals surface area (Å²) in [6, 6.07) is 27.4. The van der Waals surface area contributed by atoms with Gasteiger partial charge in [0.2, 0.25) is 6.71 Å². The molecule has 37 heavy (non-hydrogen) atoms. The van der Waals surface area contributed by atoms with Gasteiger partial charge in [0.1, 0.15) is 6.33 Å². The normalized spacial score (nSPS) is 18.6. The quantitative estimate of drug-likeness (QED) is 0.293. The van der Waals surface area contributed by atoms with Gasteiger partial charge in [0.15, 0.2) is 0 Å². The Morgan fingerprint density at radius 2 is 1.11 bits per heavy atom. The molecule has 0 amide bonds. The number of hydrogen-bond acceptors (Lipinski definition) is 1. The molecule has 0 saturated heterocycles. The van der Waals surface area contributed by atoms with Crippen molar-refractivity contribution in [2.24, 2.45) is 0 Å². The Labute approximate surface area is 219 Å². The van der Waals surface area contributed by atoms with Crippen molar-refractivity contribution in [1.82, 2.24) is 9.55 Å². The van der Waals surface area contributed by atoms with Gasteiger partial charge >= 0.3 is 0 Å². The van der Waals surface area contributed by atoms with Crippen molar-refractivity contribution < 1.29 is 0 Å². The van der Waals surface area contributed by atoms with E-state index in [1.807, 2.05) is 6.33 Å². The molecule has 4 heterocycles. The maximum atomic E-state index is 4.78. The molecule has 2 nitrogen and oxygen atoms in total. The van der Waals surface area contributed by atoms with Crippen molar-refractivity contribution in [2.45, 2.75) is 57.8 Å². The molecule has 1 aromatic heterocycles. The second-order valence-electron chi connectivity index (χ2n) is 12.9. The van der Waals surface area contributed by atoms with Crippen molar-refractivity contribution in [1.29, 1.82) is 0 Å². The van der Waals surface area contributed by atoms with Gasteiger partial charge in [0.05, 0.1) is 16.7 Å². The van der Waals surface area contributed by atoms with Gasteiger partial charge in [0.25, 0.3) is 0 Å². The van der Waals surface area contributed by atoms with Crippen LogP contribution in [0.1, 0.15) is 74.9 Å². The Hall–Kier alpha value is -3.59. The molecule has 0 spiro atoms. The first-order valence-corrected chi connectivity index (χ1v) is 13.5. The number of rotatable bonds is 1. The van der Waals surface area contributed by atoms with Gasteiger partial charge < -0.3 is 0 Å². The summed E-state index contributed by atoms with van der Waals surface area (Å²) in [4.78, 5) is 4.78. The first kappa shape index (κ1) is 21.5. The van der Waals surface area contributed by atoms with Gasteiger partial charge in [-0.05, 0) is 51.6 Å². The predicted octanol–water partition coefficient (Wildman–Crippen LogP) is 5.46. The van der Waals surface area contributed by atoms with Crippen LogP contribution in [-0.4, -0.2) is 16.3 Å². The molecule has 5 aromatic rings. The van der Waals surface area contributed by atoms with Crippen LogP contribution in [0.15, 0.2) is 79.1 Å². The molecule has 3 heteroatoms. The summed E-state index contributed by atoms with van der Waals surface area (Å²) in [5.74, 6) is 0. The summed E-state index contributed by atoms with van der Waals surface area (Å²) < 4.78 is 2.32. The van der Waals surface area contributed by atoms with Crippen LogP contribution in [0.2, 0.25) is 0 Å². The van der Waals surface area contributed by atoms with Crippen LogP contribution >= 0.6 is 0 Å². The Bertz CT molecular complexity index is 1780. The number of fused-ring (bicyclic) bond motifs is 1. The summed E-state index contributed by atoms with van der Waals surface area (Å²) in [6.07, 6.45) is 2.02. The highest BCUT2D eigenvalue weighted by molar-refractivity contribution is 6.98. The Balaban J connectivity index is 1.58.